The summed E-state index contributed by atoms with van der Waals surface area (Å²) in [7, 11) is -3.55. The lowest BCUT2D eigenvalue weighted by Gasteiger charge is -2.18. The minimum Gasteiger partial charge on any atom is -0.232 e. The molecule has 4 nitrogen and oxygen atoms in total. The first-order chi connectivity index (χ1) is 8.78. The molecule has 102 valence electrons. The molecule has 1 N–H and O–H groups in total. The van der Waals surface area contributed by atoms with Crippen LogP contribution in [-0.4, -0.2) is 18.9 Å². The van der Waals surface area contributed by atoms with Gasteiger partial charge in [-0.25, -0.2) is 18.1 Å². The first-order valence-corrected chi connectivity index (χ1v) is 8.13. The summed E-state index contributed by atoms with van der Waals surface area (Å²) in [6.45, 7) is 5.41. The van der Waals surface area contributed by atoms with Crippen molar-refractivity contribution in [2.45, 2.75) is 30.6 Å². The van der Waals surface area contributed by atoms with Crippen LogP contribution >= 0.6 is 11.3 Å². The molecule has 2 rings (SSSR count). The topological polar surface area (TPSA) is 59.1 Å². The lowest BCUT2D eigenvalue weighted by molar-refractivity contribution is 0.491. The highest BCUT2D eigenvalue weighted by Crippen LogP contribution is 2.28. The van der Waals surface area contributed by atoms with Crippen LogP contribution in [0.2, 0.25) is 0 Å². The van der Waals surface area contributed by atoms with E-state index < -0.39 is 15.6 Å². The summed E-state index contributed by atoms with van der Waals surface area (Å²) in [5, 5.41) is 0. The van der Waals surface area contributed by atoms with Crippen molar-refractivity contribution in [1.29, 1.82) is 0 Å². The zero-order chi connectivity index (χ0) is 14.1. The van der Waals surface area contributed by atoms with Crippen LogP contribution in [0.1, 0.15) is 20.8 Å². The van der Waals surface area contributed by atoms with Crippen molar-refractivity contribution >= 4 is 21.4 Å². The third-order valence-electron chi connectivity index (χ3n) is 2.21. The molecule has 0 aliphatic heterocycles. The molecular formula is C13H16N2O2S2. The summed E-state index contributed by atoms with van der Waals surface area (Å²) >= 11 is 1.17. The number of nitrogens with zero attached hydrogens (tertiary/aromatic N) is 1. The molecule has 1 aromatic carbocycles. The van der Waals surface area contributed by atoms with Gasteiger partial charge in [-0.2, -0.15) is 0 Å². The zero-order valence-corrected chi connectivity index (χ0v) is 12.7. The summed E-state index contributed by atoms with van der Waals surface area (Å²) in [5.74, 6) is 0. The SMILES string of the molecule is CC(C)(C)NS(=O)(=O)c1ncc(-c2ccccc2)s1. The van der Waals surface area contributed by atoms with Crippen molar-refractivity contribution < 1.29 is 8.42 Å². The fourth-order valence-corrected chi connectivity index (χ4v) is 4.14. The van der Waals surface area contributed by atoms with Gasteiger partial charge in [-0.1, -0.05) is 30.3 Å². The first kappa shape index (κ1) is 14.2. The van der Waals surface area contributed by atoms with Crippen LogP contribution in [0.4, 0.5) is 0 Å². The Bertz CT molecular complexity index is 655. The summed E-state index contributed by atoms with van der Waals surface area (Å²) in [4.78, 5) is 4.86. The highest BCUT2D eigenvalue weighted by Gasteiger charge is 2.25. The molecule has 0 fully saturated rings. The second-order valence-electron chi connectivity index (χ2n) is 5.21. The molecule has 0 bridgehead atoms. The van der Waals surface area contributed by atoms with Crippen molar-refractivity contribution in [3.05, 3.63) is 36.5 Å². The Kier molecular flexibility index (Phi) is 3.75. The molecule has 0 aliphatic carbocycles. The maximum absolute atomic E-state index is 12.1. The lowest BCUT2D eigenvalue weighted by Crippen LogP contribution is -2.40. The Labute approximate surface area is 117 Å². The molecule has 6 heteroatoms. The molecule has 0 unspecified atom stereocenters. The average Bonchev–Trinajstić information content (AvgIpc) is 2.77. The van der Waals surface area contributed by atoms with Gasteiger partial charge in [0.25, 0.3) is 10.0 Å². The predicted molar refractivity (Wildman–Crippen MR) is 77.6 cm³/mol. The van der Waals surface area contributed by atoms with E-state index in [0.29, 0.717) is 0 Å². The van der Waals surface area contributed by atoms with Gasteiger partial charge in [-0.05, 0) is 26.3 Å². The molecule has 0 saturated carbocycles. The molecular weight excluding hydrogens is 280 g/mol. The monoisotopic (exact) mass is 296 g/mol. The molecule has 0 radical (unpaired) electrons. The number of hydrogen-bond donors (Lipinski definition) is 1. The van der Waals surface area contributed by atoms with Crippen molar-refractivity contribution in [3.8, 4) is 10.4 Å². The average molecular weight is 296 g/mol. The smallest absolute Gasteiger partial charge is 0.232 e. The lowest BCUT2D eigenvalue weighted by atomic mass is 10.1. The Morgan fingerprint density at radius 1 is 1.16 bits per heavy atom. The van der Waals surface area contributed by atoms with Crippen LogP contribution in [0.25, 0.3) is 10.4 Å². The van der Waals surface area contributed by atoms with Gasteiger partial charge in [-0.3, -0.25) is 0 Å². The van der Waals surface area contributed by atoms with Gasteiger partial charge in [0.15, 0.2) is 0 Å². The molecule has 0 amide bonds. The Balaban J connectivity index is 2.32. The van der Waals surface area contributed by atoms with Crippen molar-refractivity contribution in [1.82, 2.24) is 9.71 Å². The van der Waals surface area contributed by atoms with E-state index in [1.807, 2.05) is 30.3 Å². The van der Waals surface area contributed by atoms with Crippen molar-refractivity contribution in [2.75, 3.05) is 0 Å². The summed E-state index contributed by atoms with van der Waals surface area (Å²) in [5.41, 5.74) is 0.453. The maximum atomic E-state index is 12.1. The Morgan fingerprint density at radius 2 is 1.79 bits per heavy atom. The number of aromatic nitrogens is 1. The first-order valence-electron chi connectivity index (χ1n) is 5.83. The highest BCUT2D eigenvalue weighted by atomic mass is 32.2. The molecule has 0 saturated heterocycles. The molecule has 0 atom stereocenters. The fourth-order valence-electron chi connectivity index (χ4n) is 1.56. The van der Waals surface area contributed by atoms with E-state index in [1.54, 1.807) is 27.0 Å². The van der Waals surface area contributed by atoms with Gasteiger partial charge < -0.3 is 0 Å². The third kappa shape index (κ3) is 3.62. The minimum atomic E-state index is -3.55. The number of benzene rings is 1. The number of sulfonamides is 1. The van der Waals surface area contributed by atoms with Crippen LogP contribution in [0.5, 0.6) is 0 Å². The number of rotatable bonds is 3. The highest BCUT2D eigenvalue weighted by molar-refractivity contribution is 7.91. The molecule has 19 heavy (non-hydrogen) atoms. The van der Waals surface area contributed by atoms with E-state index in [9.17, 15) is 8.42 Å². The third-order valence-corrected chi connectivity index (χ3v) is 5.41. The van der Waals surface area contributed by atoms with E-state index in [-0.39, 0.29) is 4.34 Å². The molecule has 0 spiro atoms. The second kappa shape index (κ2) is 5.03. The largest absolute Gasteiger partial charge is 0.268 e. The minimum absolute atomic E-state index is 0.0984. The van der Waals surface area contributed by atoms with Crippen LogP contribution < -0.4 is 4.72 Å². The van der Waals surface area contributed by atoms with Gasteiger partial charge in [-0.15, -0.1) is 11.3 Å². The number of nitrogens with one attached hydrogen (secondary N) is 1. The van der Waals surface area contributed by atoms with Gasteiger partial charge in [0.2, 0.25) is 4.34 Å². The van der Waals surface area contributed by atoms with Gasteiger partial charge in [0.1, 0.15) is 0 Å². The van der Waals surface area contributed by atoms with Gasteiger partial charge >= 0.3 is 0 Å². The van der Waals surface area contributed by atoms with E-state index in [2.05, 4.69) is 9.71 Å². The van der Waals surface area contributed by atoms with Crippen LogP contribution in [0, 0.1) is 0 Å². The van der Waals surface area contributed by atoms with Gasteiger partial charge in [0, 0.05) is 11.7 Å². The quantitative estimate of drug-likeness (QED) is 0.947. The predicted octanol–water partition coefficient (Wildman–Crippen LogP) is 2.89. The summed E-state index contributed by atoms with van der Waals surface area (Å²) in [6.07, 6.45) is 1.59. The van der Waals surface area contributed by atoms with Crippen LogP contribution in [0.15, 0.2) is 40.9 Å². The standard InChI is InChI=1S/C13H16N2O2S2/c1-13(2,3)15-19(16,17)12-14-9-11(18-12)10-7-5-4-6-8-10/h4-9,15H,1-3H3. The fraction of sp³-hybridized carbons (Fsp3) is 0.308. The normalized spacial score (nSPS) is 12.6. The Hall–Kier alpha value is -1.24. The molecule has 0 aliphatic rings. The van der Waals surface area contributed by atoms with E-state index in [0.717, 1.165) is 10.4 Å². The van der Waals surface area contributed by atoms with Crippen molar-refractivity contribution in [2.24, 2.45) is 0 Å². The van der Waals surface area contributed by atoms with E-state index in [1.165, 1.54) is 11.3 Å². The van der Waals surface area contributed by atoms with Crippen molar-refractivity contribution in [3.63, 3.8) is 0 Å². The maximum Gasteiger partial charge on any atom is 0.268 e. The molecule has 2 aromatic rings. The second-order valence-corrected chi connectivity index (χ2v) is 8.10. The summed E-state index contributed by atoms with van der Waals surface area (Å²) in [6, 6.07) is 9.61. The Morgan fingerprint density at radius 3 is 2.37 bits per heavy atom. The number of thiazole rings is 1. The number of hydrogen-bond acceptors (Lipinski definition) is 4. The van der Waals surface area contributed by atoms with Gasteiger partial charge in [0.05, 0.1) is 4.88 Å². The van der Waals surface area contributed by atoms with Crippen LogP contribution in [-0.2, 0) is 10.0 Å². The zero-order valence-electron chi connectivity index (χ0n) is 11.0. The molecule has 1 aromatic heterocycles. The van der Waals surface area contributed by atoms with E-state index >= 15 is 0 Å². The summed E-state index contributed by atoms with van der Waals surface area (Å²) < 4.78 is 27.0. The van der Waals surface area contributed by atoms with Crippen LogP contribution in [0.3, 0.4) is 0 Å². The van der Waals surface area contributed by atoms with E-state index in [4.69, 9.17) is 0 Å². The molecule has 1 heterocycles.